The summed E-state index contributed by atoms with van der Waals surface area (Å²) in [6.45, 7) is 11.3. The lowest BCUT2D eigenvalue weighted by Crippen LogP contribution is -2.52. The summed E-state index contributed by atoms with van der Waals surface area (Å²) in [6, 6.07) is 4.32. The van der Waals surface area contributed by atoms with Gasteiger partial charge in [-0.1, -0.05) is 13.8 Å². The minimum atomic E-state index is 0.0812. The van der Waals surface area contributed by atoms with Crippen LogP contribution in [0.25, 0.3) is 0 Å². The molecule has 1 aromatic carbocycles. The van der Waals surface area contributed by atoms with Crippen LogP contribution in [0.15, 0.2) is 12.1 Å². The molecule has 1 heterocycles. The molecular formula is C18H27NO2. The maximum absolute atomic E-state index is 11.2. The van der Waals surface area contributed by atoms with Crippen LogP contribution < -0.4 is 9.64 Å². The zero-order valence-electron chi connectivity index (χ0n) is 14.1. The molecule has 1 aliphatic rings. The predicted molar refractivity (Wildman–Crippen MR) is 87.7 cm³/mol. The van der Waals surface area contributed by atoms with Gasteiger partial charge in [0.1, 0.15) is 12.0 Å². The first-order chi connectivity index (χ1) is 9.85. The molecule has 0 N–H and O–H groups in total. The lowest BCUT2D eigenvalue weighted by atomic mass is 9.78. The van der Waals surface area contributed by atoms with Gasteiger partial charge in [-0.2, -0.15) is 0 Å². The fraction of sp³-hybridized carbons (Fsp3) is 0.611. The molecule has 0 spiro atoms. The van der Waals surface area contributed by atoms with E-state index in [0.717, 1.165) is 24.9 Å². The van der Waals surface area contributed by atoms with Crippen LogP contribution in [-0.2, 0) is 0 Å². The monoisotopic (exact) mass is 289 g/mol. The van der Waals surface area contributed by atoms with E-state index < -0.39 is 0 Å². The van der Waals surface area contributed by atoms with Gasteiger partial charge in [0.15, 0.2) is 0 Å². The summed E-state index contributed by atoms with van der Waals surface area (Å²) in [5.41, 5.74) is 3.18. The van der Waals surface area contributed by atoms with Gasteiger partial charge in [-0.15, -0.1) is 0 Å². The Bertz CT molecular complexity index is 536. The average molecular weight is 289 g/mol. The highest BCUT2D eigenvalue weighted by atomic mass is 16.5. The van der Waals surface area contributed by atoms with Crippen molar-refractivity contribution in [3.05, 3.63) is 23.3 Å². The second kappa shape index (κ2) is 5.70. The first kappa shape index (κ1) is 15.9. The Morgan fingerprint density at radius 3 is 2.67 bits per heavy atom. The van der Waals surface area contributed by atoms with Gasteiger partial charge >= 0.3 is 0 Å². The molecule has 0 amide bonds. The van der Waals surface area contributed by atoms with E-state index in [1.54, 1.807) is 7.11 Å². The van der Waals surface area contributed by atoms with E-state index in [0.29, 0.717) is 17.5 Å². The molecule has 3 nitrogen and oxygen atoms in total. The second-order valence-electron chi connectivity index (χ2n) is 6.82. The van der Waals surface area contributed by atoms with Gasteiger partial charge < -0.3 is 9.64 Å². The molecule has 0 aromatic heterocycles. The summed E-state index contributed by atoms with van der Waals surface area (Å²) in [5, 5.41) is 0. The Morgan fingerprint density at radius 1 is 1.48 bits per heavy atom. The molecule has 0 bridgehead atoms. The predicted octanol–water partition coefficient (Wildman–Crippen LogP) is 4.40. The zero-order chi connectivity index (χ0) is 15.8. The largest absolute Gasteiger partial charge is 0.495 e. The minimum Gasteiger partial charge on any atom is -0.495 e. The molecule has 116 valence electrons. The van der Waals surface area contributed by atoms with Crippen LogP contribution in [0.1, 0.15) is 69.3 Å². The number of methoxy groups -OCH3 is 1. The smallest absolute Gasteiger partial charge is 0.150 e. The molecular weight excluding hydrogens is 262 g/mol. The van der Waals surface area contributed by atoms with Crippen molar-refractivity contribution in [1.29, 1.82) is 0 Å². The highest BCUT2D eigenvalue weighted by molar-refractivity contribution is 5.81. The zero-order valence-corrected chi connectivity index (χ0v) is 14.1. The SMILES string of the molecule is CC[C@H](C)N1c2c(OC)cc(C=O)cc2[C@@H](C)CC1(C)C. The Balaban J connectivity index is 2.71. The van der Waals surface area contributed by atoms with Crippen molar-refractivity contribution in [2.45, 2.75) is 65.0 Å². The Hall–Kier alpha value is -1.51. The van der Waals surface area contributed by atoms with Gasteiger partial charge in [-0.3, -0.25) is 4.79 Å². The summed E-state index contributed by atoms with van der Waals surface area (Å²) >= 11 is 0. The molecule has 0 unspecified atom stereocenters. The molecule has 0 saturated heterocycles. The van der Waals surface area contributed by atoms with Gasteiger partial charge in [-0.25, -0.2) is 0 Å². The molecule has 1 aromatic rings. The van der Waals surface area contributed by atoms with Crippen molar-refractivity contribution in [2.24, 2.45) is 0 Å². The topological polar surface area (TPSA) is 29.5 Å². The summed E-state index contributed by atoms with van der Waals surface area (Å²) in [7, 11) is 1.69. The lowest BCUT2D eigenvalue weighted by molar-refractivity contribution is 0.112. The first-order valence-corrected chi connectivity index (χ1v) is 7.82. The van der Waals surface area contributed by atoms with Crippen LogP contribution in [0.4, 0.5) is 5.69 Å². The lowest BCUT2D eigenvalue weighted by Gasteiger charge is -2.51. The number of rotatable bonds is 4. The maximum Gasteiger partial charge on any atom is 0.150 e. The summed E-state index contributed by atoms with van der Waals surface area (Å²) in [6.07, 6.45) is 3.06. The number of nitrogens with zero attached hydrogens (tertiary/aromatic N) is 1. The van der Waals surface area contributed by atoms with Gasteiger partial charge in [0, 0.05) is 17.1 Å². The highest BCUT2D eigenvalue weighted by Gasteiger charge is 2.40. The van der Waals surface area contributed by atoms with Crippen LogP contribution in [0.2, 0.25) is 0 Å². The van der Waals surface area contributed by atoms with E-state index in [-0.39, 0.29) is 5.54 Å². The van der Waals surface area contributed by atoms with Crippen LogP contribution >= 0.6 is 0 Å². The Kier molecular flexibility index (Phi) is 4.31. The van der Waals surface area contributed by atoms with Crippen LogP contribution in [0, 0.1) is 0 Å². The molecule has 21 heavy (non-hydrogen) atoms. The van der Waals surface area contributed by atoms with E-state index in [1.807, 2.05) is 12.1 Å². The Labute approximate surface area is 128 Å². The van der Waals surface area contributed by atoms with Crippen molar-refractivity contribution in [3.8, 4) is 5.75 Å². The third-order valence-corrected chi connectivity index (χ3v) is 4.74. The number of anilines is 1. The molecule has 0 saturated carbocycles. The number of carbonyl (C=O) groups is 1. The van der Waals surface area contributed by atoms with E-state index in [9.17, 15) is 4.79 Å². The third kappa shape index (κ3) is 2.66. The molecule has 0 fully saturated rings. The maximum atomic E-state index is 11.2. The Morgan fingerprint density at radius 2 is 2.14 bits per heavy atom. The normalized spacial score (nSPS) is 21.6. The van der Waals surface area contributed by atoms with Gasteiger partial charge in [0.2, 0.25) is 0 Å². The number of ether oxygens (including phenoxy) is 1. The number of hydrogen-bond acceptors (Lipinski definition) is 3. The van der Waals surface area contributed by atoms with Crippen molar-refractivity contribution in [3.63, 3.8) is 0 Å². The number of carbonyl (C=O) groups excluding carboxylic acids is 1. The summed E-state index contributed by atoms with van der Waals surface area (Å²) < 4.78 is 5.62. The number of aldehydes is 1. The van der Waals surface area contributed by atoms with E-state index in [2.05, 4.69) is 39.5 Å². The second-order valence-corrected chi connectivity index (χ2v) is 6.82. The first-order valence-electron chi connectivity index (χ1n) is 7.82. The number of hydrogen-bond donors (Lipinski definition) is 0. The van der Waals surface area contributed by atoms with Crippen LogP contribution in [-0.4, -0.2) is 25.0 Å². The van der Waals surface area contributed by atoms with E-state index >= 15 is 0 Å². The van der Waals surface area contributed by atoms with Gasteiger partial charge in [0.05, 0.1) is 12.8 Å². The number of benzene rings is 1. The molecule has 0 radical (unpaired) electrons. The van der Waals surface area contributed by atoms with Crippen LogP contribution in [0.3, 0.4) is 0 Å². The fourth-order valence-corrected chi connectivity index (χ4v) is 3.77. The van der Waals surface area contributed by atoms with E-state index in [4.69, 9.17) is 4.74 Å². The van der Waals surface area contributed by atoms with Gasteiger partial charge in [-0.05, 0) is 57.2 Å². The average Bonchev–Trinajstić information content (AvgIpc) is 2.45. The van der Waals surface area contributed by atoms with Crippen LogP contribution in [0.5, 0.6) is 5.75 Å². The quantitative estimate of drug-likeness (QED) is 0.769. The summed E-state index contributed by atoms with van der Waals surface area (Å²) in [4.78, 5) is 13.7. The molecule has 2 rings (SSSR count). The minimum absolute atomic E-state index is 0.0812. The van der Waals surface area contributed by atoms with Crippen molar-refractivity contribution >= 4 is 12.0 Å². The third-order valence-electron chi connectivity index (χ3n) is 4.74. The van der Waals surface area contributed by atoms with Crippen molar-refractivity contribution in [1.82, 2.24) is 0 Å². The standard InChI is InChI=1S/C18H27NO2/c1-7-13(3)19-17-15(12(2)10-18(19,4)5)8-14(11-20)9-16(17)21-6/h8-9,11-13H,7,10H2,1-6H3/t12-,13-/m0/s1. The molecule has 0 aliphatic carbocycles. The fourth-order valence-electron chi connectivity index (χ4n) is 3.77. The molecule has 1 aliphatic heterocycles. The van der Waals surface area contributed by atoms with Crippen molar-refractivity contribution < 1.29 is 9.53 Å². The van der Waals surface area contributed by atoms with Crippen molar-refractivity contribution in [2.75, 3.05) is 12.0 Å². The molecule has 2 atom stereocenters. The molecule has 3 heteroatoms. The van der Waals surface area contributed by atoms with Gasteiger partial charge in [0.25, 0.3) is 0 Å². The van der Waals surface area contributed by atoms with E-state index in [1.165, 1.54) is 11.3 Å². The highest BCUT2D eigenvalue weighted by Crippen LogP contribution is 2.49. The summed E-state index contributed by atoms with van der Waals surface area (Å²) in [5.74, 6) is 1.23. The number of fused-ring (bicyclic) bond motifs is 1.